The zero-order chi connectivity index (χ0) is 13.3. The monoisotopic (exact) mass is 275 g/mol. The average molecular weight is 275 g/mol. The summed E-state index contributed by atoms with van der Waals surface area (Å²) in [4.78, 5) is 3.76. The normalized spacial score (nSPS) is 13.6. The number of nitrogens with zero attached hydrogens (tertiary/aromatic N) is 5. The quantitative estimate of drug-likeness (QED) is 0.852. The third kappa shape index (κ3) is 2.45. The first-order chi connectivity index (χ1) is 8.39. The largest absolute Gasteiger partial charge is 0.420 e. The molecule has 0 N–H and O–H groups in total. The van der Waals surface area contributed by atoms with Crippen LogP contribution in [0.25, 0.3) is 5.82 Å². The molecule has 1 atom stereocenters. The van der Waals surface area contributed by atoms with Crippen LogP contribution >= 0.6 is 12.6 Å². The van der Waals surface area contributed by atoms with Gasteiger partial charge in [-0.05, 0) is 29.0 Å². The van der Waals surface area contributed by atoms with Crippen molar-refractivity contribution in [1.29, 1.82) is 0 Å². The molecular formula is C9H8F3N5S. The van der Waals surface area contributed by atoms with E-state index in [9.17, 15) is 13.2 Å². The lowest BCUT2D eigenvalue weighted by molar-refractivity contribution is -0.137. The summed E-state index contributed by atoms with van der Waals surface area (Å²) in [5, 5.41) is 9.64. The minimum absolute atomic E-state index is 0.346. The minimum Gasteiger partial charge on any atom is -0.236 e. The molecular weight excluding hydrogens is 267 g/mol. The standard InChI is InChI=1S/C9H8F3N5S/c1-5(18)6-2-7(9(10,11)12)8(13-3-6)17-4-14-15-16-17/h2-5,18H,1H3. The first-order valence-corrected chi connectivity index (χ1v) is 5.40. The Morgan fingerprint density at radius 3 is 2.61 bits per heavy atom. The van der Waals surface area contributed by atoms with Crippen LogP contribution in [-0.2, 0) is 6.18 Å². The van der Waals surface area contributed by atoms with Crippen LogP contribution in [0.4, 0.5) is 13.2 Å². The van der Waals surface area contributed by atoms with Gasteiger partial charge in [-0.3, -0.25) is 0 Å². The van der Waals surface area contributed by atoms with E-state index in [-0.39, 0.29) is 11.1 Å². The maximum absolute atomic E-state index is 12.9. The Kier molecular flexibility index (Phi) is 3.24. The Bertz CT molecular complexity index is 538. The molecule has 2 aromatic heterocycles. The summed E-state index contributed by atoms with van der Waals surface area (Å²) < 4.78 is 39.7. The molecule has 2 heterocycles. The van der Waals surface area contributed by atoms with Crippen LogP contribution in [0.3, 0.4) is 0 Å². The smallest absolute Gasteiger partial charge is 0.236 e. The number of thiol groups is 1. The van der Waals surface area contributed by atoms with Gasteiger partial charge in [-0.2, -0.15) is 30.5 Å². The Labute approximate surface area is 105 Å². The fourth-order valence-electron chi connectivity index (χ4n) is 1.35. The van der Waals surface area contributed by atoms with Crippen molar-refractivity contribution < 1.29 is 13.2 Å². The lowest BCUT2D eigenvalue weighted by Gasteiger charge is -2.13. The van der Waals surface area contributed by atoms with Crippen molar-refractivity contribution in [3.05, 3.63) is 29.7 Å². The maximum atomic E-state index is 12.9. The highest BCUT2D eigenvalue weighted by Gasteiger charge is 2.35. The Morgan fingerprint density at radius 1 is 1.39 bits per heavy atom. The van der Waals surface area contributed by atoms with Gasteiger partial charge in [0.25, 0.3) is 0 Å². The number of tetrazole rings is 1. The van der Waals surface area contributed by atoms with Crippen molar-refractivity contribution in [2.75, 3.05) is 0 Å². The summed E-state index contributed by atoms with van der Waals surface area (Å²) in [5.41, 5.74) is -0.518. The Morgan fingerprint density at radius 2 is 2.11 bits per heavy atom. The van der Waals surface area contributed by atoms with E-state index >= 15 is 0 Å². The highest BCUT2D eigenvalue weighted by Crippen LogP contribution is 2.34. The predicted octanol–water partition coefficient (Wildman–Crippen LogP) is 2.07. The SMILES string of the molecule is CC(S)c1cnc(-n2cnnn2)c(C(F)(F)F)c1. The number of rotatable bonds is 2. The van der Waals surface area contributed by atoms with Gasteiger partial charge in [-0.15, -0.1) is 5.10 Å². The molecule has 2 rings (SSSR count). The second kappa shape index (κ2) is 4.56. The number of hydrogen-bond acceptors (Lipinski definition) is 5. The van der Waals surface area contributed by atoms with Gasteiger partial charge >= 0.3 is 6.18 Å². The van der Waals surface area contributed by atoms with Crippen LogP contribution in [0.2, 0.25) is 0 Å². The van der Waals surface area contributed by atoms with Gasteiger partial charge in [0.15, 0.2) is 5.82 Å². The lowest BCUT2D eigenvalue weighted by atomic mass is 10.1. The van der Waals surface area contributed by atoms with Gasteiger partial charge in [0, 0.05) is 11.4 Å². The predicted molar refractivity (Wildman–Crippen MR) is 59.4 cm³/mol. The van der Waals surface area contributed by atoms with Crippen LogP contribution < -0.4 is 0 Å². The van der Waals surface area contributed by atoms with Crippen LogP contribution in [-0.4, -0.2) is 25.2 Å². The molecule has 0 aromatic carbocycles. The molecule has 0 fully saturated rings. The van der Waals surface area contributed by atoms with Gasteiger partial charge in [-0.1, -0.05) is 0 Å². The summed E-state index contributed by atoms with van der Waals surface area (Å²) in [5.74, 6) is -0.356. The van der Waals surface area contributed by atoms with Crippen molar-refractivity contribution in [2.24, 2.45) is 0 Å². The summed E-state index contributed by atoms with van der Waals surface area (Å²) >= 11 is 4.09. The first kappa shape index (κ1) is 12.8. The lowest BCUT2D eigenvalue weighted by Crippen LogP contribution is -2.14. The van der Waals surface area contributed by atoms with Crippen molar-refractivity contribution in [2.45, 2.75) is 18.3 Å². The average Bonchev–Trinajstić information content (AvgIpc) is 2.80. The Balaban J connectivity index is 2.60. The summed E-state index contributed by atoms with van der Waals surface area (Å²) in [6.45, 7) is 1.66. The zero-order valence-electron chi connectivity index (χ0n) is 9.13. The molecule has 96 valence electrons. The van der Waals surface area contributed by atoms with E-state index in [2.05, 4.69) is 33.1 Å². The third-order valence-electron chi connectivity index (χ3n) is 2.24. The molecule has 0 aliphatic rings. The van der Waals surface area contributed by atoms with Crippen LogP contribution in [0, 0.1) is 0 Å². The molecule has 0 saturated carbocycles. The topological polar surface area (TPSA) is 56.5 Å². The zero-order valence-corrected chi connectivity index (χ0v) is 10.0. The van der Waals surface area contributed by atoms with E-state index in [0.717, 1.165) is 17.1 Å². The van der Waals surface area contributed by atoms with E-state index in [1.807, 2.05) is 0 Å². The Hall–Kier alpha value is -1.64. The summed E-state index contributed by atoms with van der Waals surface area (Å²) in [6, 6.07) is 1.00. The molecule has 2 aromatic rings. The fraction of sp³-hybridized carbons (Fsp3) is 0.333. The molecule has 18 heavy (non-hydrogen) atoms. The maximum Gasteiger partial charge on any atom is 0.420 e. The third-order valence-corrected chi connectivity index (χ3v) is 2.54. The highest BCUT2D eigenvalue weighted by molar-refractivity contribution is 7.80. The molecule has 0 aliphatic heterocycles. The van der Waals surface area contributed by atoms with Crippen molar-refractivity contribution in [1.82, 2.24) is 25.2 Å². The summed E-state index contributed by atoms with van der Waals surface area (Å²) in [6.07, 6.45) is -2.15. The van der Waals surface area contributed by atoms with Crippen LogP contribution in [0.1, 0.15) is 23.3 Å². The molecule has 0 spiro atoms. The molecule has 1 unspecified atom stereocenters. The van der Waals surface area contributed by atoms with E-state index in [4.69, 9.17) is 0 Å². The molecule has 0 amide bonds. The number of pyridine rings is 1. The van der Waals surface area contributed by atoms with E-state index in [1.165, 1.54) is 6.20 Å². The van der Waals surface area contributed by atoms with Crippen molar-refractivity contribution in [3.8, 4) is 5.82 Å². The molecule has 0 bridgehead atoms. The molecule has 0 aliphatic carbocycles. The second-order valence-corrected chi connectivity index (χ2v) is 4.34. The van der Waals surface area contributed by atoms with Gasteiger partial charge in [0.2, 0.25) is 0 Å². The van der Waals surface area contributed by atoms with Gasteiger partial charge < -0.3 is 0 Å². The number of hydrogen-bond donors (Lipinski definition) is 1. The molecule has 0 radical (unpaired) electrons. The van der Waals surface area contributed by atoms with E-state index in [1.54, 1.807) is 6.92 Å². The van der Waals surface area contributed by atoms with E-state index in [0.29, 0.717) is 5.56 Å². The van der Waals surface area contributed by atoms with Gasteiger partial charge in [0.1, 0.15) is 11.9 Å². The fourth-order valence-corrected chi connectivity index (χ4v) is 1.49. The minimum atomic E-state index is -4.53. The van der Waals surface area contributed by atoms with Crippen LogP contribution in [0.15, 0.2) is 18.6 Å². The van der Waals surface area contributed by atoms with Crippen molar-refractivity contribution >= 4 is 12.6 Å². The van der Waals surface area contributed by atoms with Gasteiger partial charge in [0.05, 0.1) is 0 Å². The first-order valence-electron chi connectivity index (χ1n) is 4.88. The second-order valence-electron chi connectivity index (χ2n) is 3.57. The van der Waals surface area contributed by atoms with E-state index < -0.39 is 11.7 Å². The number of alkyl halides is 3. The van der Waals surface area contributed by atoms with Crippen LogP contribution in [0.5, 0.6) is 0 Å². The number of halogens is 3. The van der Waals surface area contributed by atoms with Gasteiger partial charge in [-0.25, -0.2) is 4.98 Å². The molecule has 9 heteroatoms. The number of aromatic nitrogens is 5. The highest BCUT2D eigenvalue weighted by atomic mass is 32.1. The van der Waals surface area contributed by atoms with Crippen molar-refractivity contribution in [3.63, 3.8) is 0 Å². The molecule has 5 nitrogen and oxygen atoms in total. The molecule has 0 saturated heterocycles. The summed E-state index contributed by atoms with van der Waals surface area (Å²) in [7, 11) is 0.